The molecule has 1 aliphatic heterocycles. The molecule has 1 aliphatic rings. The van der Waals surface area contributed by atoms with E-state index in [-0.39, 0.29) is 37.4 Å². The molecular formula is C38H53N9O12. The van der Waals surface area contributed by atoms with Gasteiger partial charge in [0, 0.05) is 37.7 Å². The van der Waals surface area contributed by atoms with E-state index < -0.39 is 113 Å². The van der Waals surface area contributed by atoms with Crippen molar-refractivity contribution >= 4 is 52.8 Å². The van der Waals surface area contributed by atoms with Crippen LogP contribution < -0.4 is 38.1 Å². The lowest BCUT2D eigenvalue weighted by Crippen LogP contribution is -2.60. The Morgan fingerprint density at radius 1 is 0.949 bits per heavy atom. The number of phenols is 1. The van der Waals surface area contributed by atoms with Gasteiger partial charge >= 0.3 is 11.7 Å². The van der Waals surface area contributed by atoms with Crippen LogP contribution in [0.4, 0.5) is 11.4 Å². The van der Waals surface area contributed by atoms with E-state index in [9.17, 15) is 53.9 Å². The Morgan fingerprint density at radius 3 is 2.24 bits per heavy atom. The Labute approximate surface area is 339 Å². The number of rotatable bonds is 22. The number of nitrogens with zero attached hydrogens (tertiary/aromatic N) is 2. The molecule has 7 atom stereocenters. The number of benzene rings is 2. The smallest absolute Gasteiger partial charge is 0.310 e. The van der Waals surface area contributed by atoms with Crippen molar-refractivity contribution in [3.63, 3.8) is 0 Å². The maximum absolute atomic E-state index is 13.8. The number of anilines is 1. The summed E-state index contributed by atoms with van der Waals surface area (Å²) in [4.78, 5) is 103. The van der Waals surface area contributed by atoms with Crippen molar-refractivity contribution in [3.8, 4) is 5.75 Å². The van der Waals surface area contributed by atoms with E-state index >= 15 is 0 Å². The average Bonchev–Trinajstić information content (AvgIpc) is 3.69. The number of nitrogens with one attached hydrogen (secondary N) is 5. The summed E-state index contributed by atoms with van der Waals surface area (Å²) in [7, 11) is 0. The summed E-state index contributed by atoms with van der Waals surface area (Å²) in [5.74, 6) is -7.14. The first-order chi connectivity index (χ1) is 27.9. The lowest BCUT2D eigenvalue weighted by atomic mass is 9.97. The maximum atomic E-state index is 13.8. The molecule has 0 aromatic heterocycles. The Balaban J connectivity index is 1.75. The maximum Gasteiger partial charge on any atom is 0.310 e. The second kappa shape index (κ2) is 22.0. The number of nitro benzene ring substituents is 1. The first kappa shape index (κ1) is 47.0. The van der Waals surface area contributed by atoms with Crippen molar-refractivity contribution < 1.29 is 53.8 Å². The molecule has 21 heteroatoms. The number of likely N-dealkylation sites (tertiary alicyclic amines) is 1. The number of aliphatic hydroxyl groups is 1. The van der Waals surface area contributed by atoms with Gasteiger partial charge in [0.15, 0.2) is 5.75 Å². The summed E-state index contributed by atoms with van der Waals surface area (Å²) in [5.41, 5.74) is 12.2. The highest BCUT2D eigenvalue weighted by Crippen LogP contribution is 2.27. The number of carbonyl (C=O) groups excluding carboxylic acids is 6. The predicted molar refractivity (Wildman–Crippen MR) is 211 cm³/mol. The molecule has 0 bridgehead atoms. The minimum Gasteiger partial charge on any atom is -0.502 e. The number of carbonyl (C=O) groups is 7. The van der Waals surface area contributed by atoms with Gasteiger partial charge in [0.1, 0.15) is 30.2 Å². The first-order valence-corrected chi connectivity index (χ1v) is 19.0. The molecule has 0 aliphatic carbocycles. The quantitative estimate of drug-likeness (QED) is 0.0384. The Bertz CT molecular complexity index is 1880. The second-order valence-corrected chi connectivity index (χ2v) is 14.3. The molecule has 2 aromatic rings. The van der Waals surface area contributed by atoms with Crippen LogP contribution in [0.25, 0.3) is 0 Å². The largest absolute Gasteiger partial charge is 0.502 e. The van der Waals surface area contributed by atoms with E-state index in [4.69, 9.17) is 16.6 Å². The number of amides is 6. The van der Waals surface area contributed by atoms with Gasteiger partial charge in [-0.1, -0.05) is 44.5 Å². The van der Waals surface area contributed by atoms with E-state index in [1.54, 1.807) is 12.1 Å². The number of aliphatic hydroxyl groups excluding tert-OH is 1. The number of nitrogen functional groups attached to an aromatic ring is 1. The first-order valence-electron chi connectivity index (χ1n) is 19.0. The number of carboxylic acid groups (broad SMARTS) is 1. The van der Waals surface area contributed by atoms with Gasteiger partial charge in [0.25, 0.3) is 0 Å². The van der Waals surface area contributed by atoms with Crippen LogP contribution in [-0.4, -0.2) is 116 Å². The average molecular weight is 828 g/mol. The third-order valence-electron chi connectivity index (χ3n) is 10.1. The van der Waals surface area contributed by atoms with E-state index in [1.165, 1.54) is 13.0 Å². The normalized spacial score (nSPS) is 16.7. The monoisotopic (exact) mass is 827 g/mol. The van der Waals surface area contributed by atoms with Crippen molar-refractivity contribution in [2.24, 2.45) is 11.7 Å². The molecule has 2 aromatic carbocycles. The fourth-order valence-electron chi connectivity index (χ4n) is 6.44. The number of nitro groups is 1. The zero-order chi connectivity index (χ0) is 44.0. The third kappa shape index (κ3) is 13.4. The van der Waals surface area contributed by atoms with E-state index in [2.05, 4.69) is 26.6 Å². The summed E-state index contributed by atoms with van der Waals surface area (Å²) in [5, 5.41) is 53.7. The highest BCUT2D eigenvalue weighted by molar-refractivity contribution is 5.97. The number of aliphatic carboxylic acids is 1. The van der Waals surface area contributed by atoms with Crippen LogP contribution >= 0.6 is 0 Å². The molecule has 59 heavy (non-hydrogen) atoms. The molecule has 6 amide bonds. The summed E-state index contributed by atoms with van der Waals surface area (Å²) < 4.78 is 0. The minimum absolute atomic E-state index is 0.0176. The molecule has 0 spiro atoms. The number of nitrogens with two attached hydrogens (primary N) is 2. The third-order valence-corrected chi connectivity index (χ3v) is 10.1. The van der Waals surface area contributed by atoms with Gasteiger partial charge in [-0.25, -0.2) is 0 Å². The molecule has 0 radical (unpaired) electrons. The van der Waals surface area contributed by atoms with E-state index in [1.807, 2.05) is 26.0 Å². The van der Waals surface area contributed by atoms with Gasteiger partial charge in [-0.15, -0.1) is 0 Å². The number of para-hydroxylation sites is 1. The standard InChI is InChI=1S/C38H53N9O12/c1-4-20(2)32(41-18-23-8-5-6-9-24(23)39)37(56)42-21(3)34(53)45-27(19-48)38(57)46-15-7-10-28(46)36(55)44-26(16-22-11-13-30(49)29(17-22)47(58)59)35(54)43-25(33(40)52)12-14-31(50)51/h5-6,8-9,11,13,17,20-21,25-28,32,41,48-49H,4,7,10,12,14-16,18-19,39H2,1-3H3,(H2,40,52)(H,42,56)(H,43,54)(H,44,55)(H,45,53)(H,50,51)/t20-,21-,25-,26-,27-,28-,32-/m0/s1. The van der Waals surface area contributed by atoms with Crippen molar-refractivity contribution in [3.05, 3.63) is 63.7 Å². The van der Waals surface area contributed by atoms with Crippen molar-refractivity contribution in [1.82, 2.24) is 31.5 Å². The molecular weight excluding hydrogens is 774 g/mol. The molecule has 322 valence electrons. The van der Waals surface area contributed by atoms with Crippen LogP contribution in [0.15, 0.2) is 42.5 Å². The van der Waals surface area contributed by atoms with Crippen LogP contribution in [0.3, 0.4) is 0 Å². The van der Waals surface area contributed by atoms with Crippen LogP contribution in [-0.2, 0) is 46.5 Å². The van der Waals surface area contributed by atoms with E-state index in [0.29, 0.717) is 18.5 Å². The van der Waals surface area contributed by atoms with Gasteiger partial charge in [0.05, 0.1) is 17.6 Å². The Hall–Kier alpha value is -6.35. The van der Waals surface area contributed by atoms with Crippen LogP contribution in [0.5, 0.6) is 5.75 Å². The molecule has 0 saturated carbocycles. The van der Waals surface area contributed by atoms with Gasteiger partial charge in [-0.05, 0) is 55.4 Å². The summed E-state index contributed by atoms with van der Waals surface area (Å²) >= 11 is 0. The van der Waals surface area contributed by atoms with Crippen LogP contribution in [0, 0.1) is 16.0 Å². The molecule has 1 heterocycles. The minimum atomic E-state index is -1.56. The number of carboxylic acids is 1. The Kier molecular flexibility index (Phi) is 17.5. The number of hydrogen-bond donors (Lipinski definition) is 10. The molecule has 1 fully saturated rings. The van der Waals surface area contributed by atoms with Crippen LogP contribution in [0.1, 0.15) is 64.0 Å². The van der Waals surface area contributed by atoms with Gasteiger partial charge in [0.2, 0.25) is 35.4 Å². The number of aromatic hydroxyl groups is 1. The van der Waals surface area contributed by atoms with Crippen molar-refractivity contribution in [1.29, 1.82) is 0 Å². The number of hydrogen-bond acceptors (Lipinski definition) is 13. The highest BCUT2D eigenvalue weighted by atomic mass is 16.6. The fraction of sp³-hybridized carbons (Fsp3) is 0.500. The lowest BCUT2D eigenvalue weighted by Gasteiger charge is -2.30. The van der Waals surface area contributed by atoms with Gasteiger partial charge < -0.3 is 58.3 Å². The lowest BCUT2D eigenvalue weighted by molar-refractivity contribution is -0.385. The number of primary amides is 1. The van der Waals surface area contributed by atoms with Gasteiger partial charge in [-0.3, -0.25) is 43.7 Å². The fourth-order valence-corrected chi connectivity index (χ4v) is 6.44. The second-order valence-electron chi connectivity index (χ2n) is 14.3. The SMILES string of the molecule is CC[C@H](C)[C@H](NCc1ccccc1N)C(=O)N[C@@H](C)C(=O)N[C@@H](CO)C(=O)N1CCC[C@H]1C(=O)N[C@@H](Cc1ccc(O)c([N+](=O)[O-])c1)C(=O)N[C@@H](CCC(=O)O)C(N)=O. The Morgan fingerprint density at radius 2 is 1.63 bits per heavy atom. The summed E-state index contributed by atoms with van der Waals surface area (Å²) in [6.07, 6.45) is -0.314. The molecule has 3 rings (SSSR count). The summed E-state index contributed by atoms with van der Waals surface area (Å²) in [6, 6.07) is 2.74. The molecule has 12 N–H and O–H groups in total. The summed E-state index contributed by atoms with van der Waals surface area (Å²) in [6.45, 7) is 4.61. The van der Waals surface area contributed by atoms with Gasteiger partial charge in [-0.2, -0.15) is 0 Å². The molecule has 21 nitrogen and oxygen atoms in total. The van der Waals surface area contributed by atoms with Crippen molar-refractivity contribution in [2.75, 3.05) is 18.9 Å². The molecule has 0 unspecified atom stereocenters. The van der Waals surface area contributed by atoms with Crippen LogP contribution in [0.2, 0.25) is 0 Å². The predicted octanol–water partition coefficient (Wildman–Crippen LogP) is -1.08. The van der Waals surface area contributed by atoms with Crippen molar-refractivity contribution in [2.45, 2.75) is 102 Å². The molecule has 1 saturated heterocycles. The zero-order valence-electron chi connectivity index (χ0n) is 33.0. The topological polar surface area (TPSA) is 339 Å². The zero-order valence-corrected chi connectivity index (χ0v) is 33.0. The number of phenolic OH excluding ortho intramolecular Hbond substituents is 1. The highest BCUT2D eigenvalue weighted by Gasteiger charge is 2.40. The van der Waals surface area contributed by atoms with E-state index in [0.717, 1.165) is 22.6 Å².